The zero-order valence-electron chi connectivity index (χ0n) is 10.3. The van der Waals surface area contributed by atoms with Gasteiger partial charge in [0.2, 0.25) is 5.91 Å². The molecule has 0 heterocycles. The molecule has 0 aliphatic rings. The van der Waals surface area contributed by atoms with Crippen molar-refractivity contribution in [3.8, 4) is 0 Å². The van der Waals surface area contributed by atoms with E-state index in [9.17, 15) is 14.4 Å². The van der Waals surface area contributed by atoms with Gasteiger partial charge in [-0.15, -0.1) is 0 Å². The lowest BCUT2D eigenvalue weighted by molar-refractivity contribution is -0.137. The Hall–Kier alpha value is -1.93. The zero-order valence-corrected chi connectivity index (χ0v) is 11.9. The minimum absolute atomic E-state index is 0.00177. The molecule has 0 aliphatic heterocycles. The molecule has 0 fully saturated rings. The number of hydrogen-bond acceptors (Lipinski definition) is 4. The summed E-state index contributed by atoms with van der Waals surface area (Å²) in [5.41, 5.74) is 5.82. The number of carbonyl (C=O) groups is 3. The van der Waals surface area contributed by atoms with Gasteiger partial charge < -0.3 is 21.3 Å². The van der Waals surface area contributed by atoms with E-state index in [0.29, 0.717) is 4.47 Å². The van der Waals surface area contributed by atoms with Gasteiger partial charge >= 0.3 is 11.9 Å². The van der Waals surface area contributed by atoms with E-state index in [-0.39, 0.29) is 24.1 Å². The van der Waals surface area contributed by atoms with Crippen molar-refractivity contribution in [2.45, 2.75) is 18.9 Å². The molecule has 7 nitrogen and oxygen atoms in total. The molecule has 8 heteroatoms. The van der Waals surface area contributed by atoms with E-state index in [1.54, 1.807) is 0 Å². The summed E-state index contributed by atoms with van der Waals surface area (Å²) in [6.07, 6.45) is -0.210. The number of nitrogens with one attached hydrogen (secondary N) is 1. The van der Waals surface area contributed by atoms with Crippen LogP contribution >= 0.6 is 15.9 Å². The van der Waals surface area contributed by atoms with E-state index in [1.807, 2.05) is 0 Å². The minimum atomic E-state index is -1.14. The summed E-state index contributed by atoms with van der Waals surface area (Å²) in [5, 5.41) is 19.9. The van der Waals surface area contributed by atoms with Crippen LogP contribution in [0.3, 0.4) is 0 Å². The van der Waals surface area contributed by atoms with Gasteiger partial charge in [-0.2, -0.15) is 0 Å². The van der Waals surface area contributed by atoms with E-state index in [0.717, 1.165) is 0 Å². The van der Waals surface area contributed by atoms with E-state index < -0.39 is 23.9 Å². The molecule has 1 atom stereocenters. The van der Waals surface area contributed by atoms with E-state index in [4.69, 9.17) is 15.9 Å². The first-order valence-corrected chi connectivity index (χ1v) is 6.41. The first kappa shape index (κ1) is 16.1. The maximum atomic E-state index is 11.7. The molecule has 0 saturated carbocycles. The third kappa shape index (κ3) is 4.63. The van der Waals surface area contributed by atoms with Crippen LogP contribution in [-0.4, -0.2) is 34.1 Å². The molecular weight excluding hydrogens is 332 g/mol. The van der Waals surface area contributed by atoms with Crippen LogP contribution in [0.25, 0.3) is 0 Å². The van der Waals surface area contributed by atoms with Crippen molar-refractivity contribution in [2.75, 3.05) is 5.32 Å². The Bertz CT molecular complexity index is 547. The highest BCUT2D eigenvalue weighted by atomic mass is 79.9. The van der Waals surface area contributed by atoms with Gasteiger partial charge in [0.15, 0.2) is 0 Å². The van der Waals surface area contributed by atoms with Crippen LogP contribution in [0.1, 0.15) is 23.2 Å². The van der Waals surface area contributed by atoms with Crippen molar-refractivity contribution in [3.05, 3.63) is 28.2 Å². The number of anilines is 1. The standard InChI is InChI=1S/C12H13BrN2O5/c13-8-2-1-6(5-7(8)12(19)20)15-11(18)9(14)3-4-10(16)17/h1-2,5,9H,3-4,14H2,(H,15,18)(H,16,17)(H,19,20). The largest absolute Gasteiger partial charge is 0.481 e. The molecule has 0 spiro atoms. The van der Waals surface area contributed by atoms with Crippen molar-refractivity contribution >= 4 is 39.5 Å². The first-order valence-electron chi connectivity index (χ1n) is 5.62. The summed E-state index contributed by atoms with van der Waals surface area (Å²) in [6.45, 7) is 0. The lowest BCUT2D eigenvalue weighted by atomic mass is 10.1. The number of aliphatic carboxylic acids is 1. The summed E-state index contributed by atoms with van der Waals surface area (Å²) >= 11 is 3.08. The van der Waals surface area contributed by atoms with Crippen molar-refractivity contribution in [2.24, 2.45) is 5.73 Å². The molecule has 0 bridgehead atoms. The molecule has 5 N–H and O–H groups in total. The number of rotatable bonds is 6. The Morgan fingerprint density at radius 2 is 1.95 bits per heavy atom. The average molecular weight is 345 g/mol. The number of amides is 1. The highest BCUT2D eigenvalue weighted by Gasteiger charge is 2.16. The predicted molar refractivity (Wildman–Crippen MR) is 74.6 cm³/mol. The van der Waals surface area contributed by atoms with Crippen LogP contribution in [0, 0.1) is 0 Å². The summed E-state index contributed by atoms with van der Waals surface area (Å²) in [6, 6.07) is 3.32. The van der Waals surface area contributed by atoms with E-state index in [1.165, 1.54) is 18.2 Å². The smallest absolute Gasteiger partial charge is 0.336 e. The normalized spacial score (nSPS) is 11.7. The van der Waals surface area contributed by atoms with Gasteiger partial charge in [-0.1, -0.05) is 0 Å². The van der Waals surface area contributed by atoms with Gasteiger partial charge in [0, 0.05) is 16.6 Å². The van der Waals surface area contributed by atoms with Gasteiger partial charge in [-0.05, 0) is 40.5 Å². The van der Waals surface area contributed by atoms with Crippen LogP contribution in [0.15, 0.2) is 22.7 Å². The number of hydrogen-bond donors (Lipinski definition) is 4. The van der Waals surface area contributed by atoms with Crippen molar-refractivity contribution < 1.29 is 24.6 Å². The Kier molecular flexibility index (Phi) is 5.66. The maximum Gasteiger partial charge on any atom is 0.336 e. The average Bonchev–Trinajstić information content (AvgIpc) is 2.37. The van der Waals surface area contributed by atoms with Gasteiger partial charge in [0.1, 0.15) is 0 Å². The minimum Gasteiger partial charge on any atom is -0.481 e. The second-order valence-corrected chi connectivity index (χ2v) is 4.88. The molecule has 108 valence electrons. The van der Waals surface area contributed by atoms with Gasteiger partial charge in [-0.3, -0.25) is 9.59 Å². The topological polar surface area (TPSA) is 130 Å². The summed E-state index contributed by atoms with van der Waals surface area (Å²) < 4.78 is 0.387. The quantitative estimate of drug-likeness (QED) is 0.614. The highest BCUT2D eigenvalue weighted by Crippen LogP contribution is 2.21. The van der Waals surface area contributed by atoms with Gasteiger partial charge in [-0.25, -0.2) is 4.79 Å². The Morgan fingerprint density at radius 1 is 1.30 bits per heavy atom. The molecule has 20 heavy (non-hydrogen) atoms. The molecule has 1 amide bonds. The number of nitrogens with two attached hydrogens (primary N) is 1. The second-order valence-electron chi connectivity index (χ2n) is 4.03. The Labute approximate surface area is 122 Å². The monoisotopic (exact) mass is 344 g/mol. The third-order valence-corrected chi connectivity index (χ3v) is 3.16. The molecule has 1 aromatic rings. The summed E-state index contributed by atoms with van der Waals surface area (Å²) in [7, 11) is 0. The molecule has 1 unspecified atom stereocenters. The molecule has 0 radical (unpaired) electrons. The summed E-state index contributed by atoms with van der Waals surface area (Å²) in [4.78, 5) is 33.0. The van der Waals surface area contributed by atoms with Crippen LogP contribution in [0.5, 0.6) is 0 Å². The Balaban J connectivity index is 2.73. The Morgan fingerprint density at radius 3 is 2.50 bits per heavy atom. The number of carboxylic acids is 2. The van der Waals surface area contributed by atoms with Crippen LogP contribution in [0.2, 0.25) is 0 Å². The fourth-order valence-electron chi connectivity index (χ4n) is 1.41. The fraction of sp³-hybridized carbons (Fsp3) is 0.250. The molecule has 1 aromatic carbocycles. The van der Waals surface area contributed by atoms with Crippen LogP contribution in [0.4, 0.5) is 5.69 Å². The maximum absolute atomic E-state index is 11.7. The zero-order chi connectivity index (χ0) is 15.3. The SMILES string of the molecule is NC(CCC(=O)O)C(=O)Nc1ccc(Br)c(C(=O)O)c1. The number of benzene rings is 1. The van der Waals surface area contributed by atoms with Crippen molar-refractivity contribution in [1.82, 2.24) is 0 Å². The van der Waals surface area contributed by atoms with Crippen LogP contribution in [-0.2, 0) is 9.59 Å². The molecular formula is C12H13BrN2O5. The van der Waals surface area contributed by atoms with Gasteiger partial charge in [0.05, 0.1) is 11.6 Å². The number of carbonyl (C=O) groups excluding carboxylic acids is 1. The van der Waals surface area contributed by atoms with Crippen LogP contribution < -0.4 is 11.1 Å². The molecule has 0 aliphatic carbocycles. The lowest BCUT2D eigenvalue weighted by Gasteiger charge is -2.12. The number of carboxylic acid groups (broad SMARTS) is 2. The van der Waals surface area contributed by atoms with Crippen molar-refractivity contribution in [3.63, 3.8) is 0 Å². The first-order chi connectivity index (χ1) is 9.31. The molecule has 1 rings (SSSR count). The molecule has 0 aromatic heterocycles. The predicted octanol–water partition coefficient (Wildman–Crippen LogP) is 1.28. The molecule has 0 saturated heterocycles. The summed E-state index contributed by atoms with van der Waals surface area (Å²) in [5.74, 6) is -2.74. The fourth-order valence-corrected chi connectivity index (χ4v) is 1.83. The second kappa shape index (κ2) is 7.01. The van der Waals surface area contributed by atoms with Gasteiger partial charge in [0.25, 0.3) is 0 Å². The lowest BCUT2D eigenvalue weighted by Crippen LogP contribution is -2.36. The number of aromatic carboxylic acids is 1. The van der Waals surface area contributed by atoms with E-state index in [2.05, 4.69) is 21.2 Å². The van der Waals surface area contributed by atoms with E-state index >= 15 is 0 Å². The highest BCUT2D eigenvalue weighted by molar-refractivity contribution is 9.10. The third-order valence-electron chi connectivity index (χ3n) is 2.47. The van der Waals surface area contributed by atoms with Crippen molar-refractivity contribution in [1.29, 1.82) is 0 Å². The number of halogens is 1.